The third-order valence-corrected chi connectivity index (χ3v) is 3.99. The van der Waals surface area contributed by atoms with Crippen LogP contribution in [-0.2, 0) is 6.54 Å². The highest BCUT2D eigenvalue weighted by molar-refractivity contribution is 5.87. The number of fused-ring (bicyclic) bond motifs is 1. The van der Waals surface area contributed by atoms with Gasteiger partial charge in [0.05, 0.1) is 11.2 Å². The lowest BCUT2D eigenvalue weighted by molar-refractivity contribution is 0.550. The molecular weight excluding hydrogens is 246 g/mol. The molecule has 0 saturated heterocycles. The molecule has 0 fully saturated rings. The summed E-state index contributed by atoms with van der Waals surface area (Å²) in [6, 6.07) is 6.06. The lowest BCUT2D eigenvalue weighted by atomic mass is 10.1. The van der Waals surface area contributed by atoms with E-state index >= 15 is 0 Å². The average molecular weight is 273 g/mol. The number of imidazole rings is 1. The molecule has 3 heteroatoms. The number of hydrogen-bond acceptors (Lipinski definition) is 2. The zero-order chi connectivity index (χ0) is 14.4. The van der Waals surface area contributed by atoms with Crippen LogP contribution in [0.15, 0.2) is 18.2 Å². The van der Waals surface area contributed by atoms with E-state index < -0.39 is 0 Å². The maximum Gasteiger partial charge on any atom is 0.112 e. The second-order valence-electron chi connectivity index (χ2n) is 5.65. The number of benzene rings is 1. The zero-order valence-corrected chi connectivity index (χ0v) is 12.9. The first kappa shape index (κ1) is 14.9. The molecule has 1 aromatic carbocycles. The van der Waals surface area contributed by atoms with Crippen molar-refractivity contribution < 1.29 is 0 Å². The van der Waals surface area contributed by atoms with Crippen LogP contribution in [0, 0.1) is 6.92 Å². The Balaban J connectivity index is 1.87. The Morgan fingerprint density at radius 1 is 1.05 bits per heavy atom. The lowest BCUT2D eigenvalue weighted by Crippen LogP contribution is -2.00. The molecule has 0 aliphatic carbocycles. The minimum Gasteiger partial charge on any atom is -0.397 e. The SMILES string of the molecule is CCCCCCCCCn1c(C)nc2c(N)cccc21. The predicted molar refractivity (Wildman–Crippen MR) is 86.9 cm³/mol. The summed E-state index contributed by atoms with van der Waals surface area (Å²) in [5, 5.41) is 0. The van der Waals surface area contributed by atoms with Crippen LogP contribution in [0.1, 0.15) is 57.7 Å². The van der Waals surface area contributed by atoms with Crippen LogP contribution < -0.4 is 5.73 Å². The molecule has 0 spiro atoms. The fraction of sp³-hybridized carbons (Fsp3) is 0.588. The van der Waals surface area contributed by atoms with Crippen LogP contribution in [0.3, 0.4) is 0 Å². The van der Waals surface area contributed by atoms with Gasteiger partial charge in [0.2, 0.25) is 0 Å². The van der Waals surface area contributed by atoms with Crippen molar-refractivity contribution in [3.05, 3.63) is 24.0 Å². The first-order valence-corrected chi connectivity index (χ1v) is 7.95. The van der Waals surface area contributed by atoms with Crippen molar-refractivity contribution in [1.29, 1.82) is 0 Å². The molecule has 110 valence electrons. The monoisotopic (exact) mass is 273 g/mol. The molecule has 1 heterocycles. The average Bonchev–Trinajstić information content (AvgIpc) is 2.76. The summed E-state index contributed by atoms with van der Waals surface area (Å²) in [6.07, 6.45) is 9.36. The molecule has 0 aliphatic heterocycles. The second-order valence-corrected chi connectivity index (χ2v) is 5.65. The summed E-state index contributed by atoms with van der Waals surface area (Å²) in [6.45, 7) is 5.39. The van der Waals surface area contributed by atoms with Crippen LogP contribution in [0.2, 0.25) is 0 Å². The number of nitrogens with zero attached hydrogens (tertiary/aromatic N) is 2. The van der Waals surface area contributed by atoms with E-state index in [0.29, 0.717) is 0 Å². The molecule has 2 N–H and O–H groups in total. The van der Waals surface area contributed by atoms with E-state index in [0.717, 1.165) is 23.6 Å². The Bertz CT molecular complexity index is 542. The van der Waals surface area contributed by atoms with Gasteiger partial charge in [-0.15, -0.1) is 0 Å². The number of hydrogen-bond donors (Lipinski definition) is 1. The number of unbranched alkanes of at least 4 members (excludes halogenated alkanes) is 6. The van der Waals surface area contributed by atoms with Crippen LogP contribution in [0.4, 0.5) is 5.69 Å². The number of aromatic nitrogens is 2. The summed E-state index contributed by atoms with van der Waals surface area (Å²) in [4.78, 5) is 4.59. The number of anilines is 1. The van der Waals surface area contributed by atoms with Crippen molar-refractivity contribution in [2.75, 3.05) is 5.73 Å². The number of nitrogens with two attached hydrogens (primary N) is 1. The van der Waals surface area contributed by atoms with Crippen LogP contribution in [-0.4, -0.2) is 9.55 Å². The highest BCUT2D eigenvalue weighted by Gasteiger charge is 2.08. The quantitative estimate of drug-likeness (QED) is 0.560. The van der Waals surface area contributed by atoms with E-state index in [-0.39, 0.29) is 0 Å². The standard InChI is InChI=1S/C17H27N3/c1-3-4-5-6-7-8-9-13-20-14(2)19-17-15(18)11-10-12-16(17)20/h10-12H,3-9,13,18H2,1-2H3. The first-order valence-electron chi connectivity index (χ1n) is 7.95. The summed E-state index contributed by atoms with van der Waals surface area (Å²) in [5.41, 5.74) is 8.89. The van der Waals surface area contributed by atoms with E-state index in [9.17, 15) is 0 Å². The van der Waals surface area contributed by atoms with Gasteiger partial charge in [0, 0.05) is 6.54 Å². The molecule has 0 unspecified atom stereocenters. The van der Waals surface area contributed by atoms with Gasteiger partial charge < -0.3 is 10.3 Å². The molecule has 2 rings (SSSR count). The molecule has 0 atom stereocenters. The van der Waals surface area contributed by atoms with Gasteiger partial charge in [0.1, 0.15) is 11.3 Å². The van der Waals surface area contributed by atoms with E-state index in [2.05, 4.69) is 29.5 Å². The Morgan fingerprint density at radius 2 is 1.75 bits per heavy atom. The summed E-state index contributed by atoms with van der Waals surface area (Å²) in [5.74, 6) is 1.07. The van der Waals surface area contributed by atoms with Gasteiger partial charge in [-0.2, -0.15) is 0 Å². The van der Waals surface area contributed by atoms with Crippen LogP contribution in [0.5, 0.6) is 0 Å². The van der Waals surface area contributed by atoms with Gasteiger partial charge in [0.25, 0.3) is 0 Å². The molecule has 1 aromatic heterocycles. The zero-order valence-electron chi connectivity index (χ0n) is 12.9. The smallest absolute Gasteiger partial charge is 0.112 e. The van der Waals surface area contributed by atoms with Crippen molar-refractivity contribution in [2.45, 2.75) is 65.3 Å². The Morgan fingerprint density at radius 3 is 2.50 bits per heavy atom. The Kier molecular flexibility index (Phi) is 5.45. The lowest BCUT2D eigenvalue weighted by Gasteiger charge is -2.07. The summed E-state index contributed by atoms with van der Waals surface area (Å²) >= 11 is 0. The maximum absolute atomic E-state index is 5.99. The van der Waals surface area contributed by atoms with E-state index in [1.807, 2.05) is 12.1 Å². The summed E-state index contributed by atoms with van der Waals surface area (Å²) < 4.78 is 2.30. The molecule has 3 nitrogen and oxygen atoms in total. The van der Waals surface area contributed by atoms with Gasteiger partial charge in [-0.3, -0.25) is 0 Å². The van der Waals surface area contributed by atoms with Crippen molar-refractivity contribution in [2.24, 2.45) is 0 Å². The molecule has 20 heavy (non-hydrogen) atoms. The van der Waals surface area contributed by atoms with E-state index in [4.69, 9.17) is 5.73 Å². The topological polar surface area (TPSA) is 43.8 Å². The van der Waals surface area contributed by atoms with Gasteiger partial charge in [-0.25, -0.2) is 4.98 Å². The van der Waals surface area contributed by atoms with E-state index in [1.165, 1.54) is 50.5 Å². The van der Waals surface area contributed by atoms with Gasteiger partial charge in [-0.1, -0.05) is 51.5 Å². The predicted octanol–water partition coefficient (Wildman–Crippen LogP) is 4.68. The molecular formula is C17H27N3. The number of nitrogen functional groups attached to an aromatic ring is 1. The molecule has 0 saturated carbocycles. The van der Waals surface area contributed by atoms with Crippen molar-refractivity contribution >= 4 is 16.7 Å². The molecule has 0 amide bonds. The van der Waals surface area contributed by atoms with Crippen LogP contribution in [0.25, 0.3) is 11.0 Å². The van der Waals surface area contributed by atoms with Crippen molar-refractivity contribution in [1.82, 2.24) is 9.55 Å². The maximum atomic E-state index is 5.99. The fourth-order valence-electron chi connectivity index (χ4n) is 2.79. The largest absolute Gasteiger partial charge is 0.397 e. The summed E-state index contributed by atoms with van der Waals surface area (Å²) in [7, 11) is 0. The fourth-order valence-corrected chi connectivity index (χ4v) is 2.79. The number of aryl methyl sites for hydroxylation is 2. The Labute approximate surface area is 122 Å². The minimum absolute atomic E-state index is 0.781. The van der Waals surface area contributed by atoms with E-state index in [1.54, 1.807) is 0 Å². The highest BCUT2D eigenvalue weighted by atomic mass is 15.1. The third-order valence-electron chi connectivity index (χ3n) is 3.99. The number of rotatable bonds is 8. The van der Waals surface area contributed by atoms with Gasteiger partial charge in [0.15, 0.2) is 0 Å². The van der Waals surface area contributed by atoms with Crippen molar-refractivity contribution in [3.8, 4) is 0 Å². The number of para-hydroxylation sites is 1. The minimum atomic E-state index is 0.781. The Hall–Kier alpha value is -1.51. The molecule has 0 bridgehead atoms. The molecule has 2 aromatic rings. The first-order chi connectivity index (χ1) is 9.74. The highest BCUT2D eigenvalue weighted by Crippen LogP contribution is 2.22. The third kappa shape index (κ3) is 3.53. The molecule has 0 radical (unpaired) electrons. The molecule has 0 aliphatic rings. The van der Waals surface area contributed by atoms with Crippen LogP contribution >= 0.6 is 0 Å². The van der Waals surface area contributed by atoms with Gasteiger partial charge in [-0.05, 0) is 25.5 Å². The second kappa shape index (κ2) is 7.32. The normalized spacial score (nSPS) is 11.3. The van der Waals surface area contributed by atoms with Crippen molar-refractivity contribution in [3.63, 3.8) is 0 Å². The van der Waals surface area contributed by atoms with Gasteiger partial charge >= 0.3 is 0 Å².